The van der Waals surface area contributed by atoms with Crippen LogP contribution >= 0.6 is 0 Å². The molecule has 0 saturated carbocycles. The first-order valence-electron chi connectivity index (χ1n) is 7.40. The van der Waals surface area contributed by atoms with Gasteiger partial charge in [0.25, 0.3) is 5.91 Å². The van der Waals surface area contributed by atoms with Gasteiger partial charge in [-0.1, -0.05) is 36.4 Å². The van der Waals surface area contributed by atoms with Gasteiger partial charge in [-0.15, -0.1) is 0 Å². The Labute approximate surface area is 125 Å². The number of rotatable bonds is 3. The van der Waals surface area contributed by atoms with Crippen molar-refractivity contribution in [2.24, 2.45) is 0 Å². The first kappa shape index (κ1) is 13.7. The van der Waals surface area contributed by atoms with Gasteiger partial charge in [-0.2, -0.15) is 0 Å². The molecule has 1 N–H and O–H groups in total. The molecular weight excluding hydrogens is 260 g/mol. The molecule has 3 nitrogen and oxygen atoms in total. The third kappa shape index (κ3) is 2.92. The Bertz CT molecular complexity index is 624. The lowest BCUT2D eigenvalue weighted by molar-refractivity contribution is 0.0791. The Morgan fingerprint density at radius 2 is 1.95 bits per heavy atom. The van der Waals surface area contributed by atoms with Crippen molar-refractivity contribution < 1.29 is 4.79 Å². The maximum Gasteiger partial charge on any atom is 0.253 e. The van der Waals surface area contributed by atoms with E-state index in [0.717, 1.165) is 30.8 Å². The summed E-state index contributed by atoms with van der Waals surface area (Å²) in [6.45, 7) is 1.65. The molecule has 1 unspecified atom stereocenters. The number of hydrogen-bond acceptors (Lipinski definition) is 2. The van der Waals surface area contributed by atoms with Crippen LogP contribution in [0.3, 0.4) is 0 Å². The number of hydrogen-bond donors (Lipinski definition) is 1. The minimum Gasteiger partial charge on any atom is -0.388 e. The molecule has 1 aliphatic heterocycles. The van der Waals surface area contributed by atoms with Gasteiger partial charge in [0.05, 0.1) is 0 Å². The molecule has 0 spiro atoms. The molecule has 1 saturated heterocycles. The van der Waals surface area contributed by atoms with Crippen LogP contribution in [0.1, 0.15) is 28.3 Å². The van der Waals surface area contributed by atoms with Crippen molar-refractivity contribution in [1.82, 2.24) is 4.90 Å². The largest absolute Gasteiger partial charge is 0.388 e. The van der Waals surface area contributed by atoms with Crippen molar-refractivity contribution in [2.75, 3.05) is 25.5 Å². The Kier molecular flexibility index (Phi) is 3.91. The molecule has 2 aromatic carbocycles. The molecule has 1 fully saturated rings. The monoisotopic (exact) mass is 280 g/mol. The van der Waals surface area contributed by atoms with E-state index in [1.54, 1.807) is 0 Å². The van der Waals surface area contributed by atoms with Gasteiger partial charge in [0, 0.05) is 37.3 Å². The molecule has 0 bridgehead atoms. The highest BCUT2D eigenvalue weighted by Crippen LogP contribution is 2.28. The first-order valence-corrected chi connectivity index (χ1v) is 7.40. The minimum absolute atomic E-state index is 0.130. The molecule has 1 aliphatic rings. The third-order valence-electron chi connectivity index (χ3n) is 4.14. The van der Waals surface area contributed by atoms with E-state index in [1.807, 2.05) is 42.3 Å². The number of nitrogens with one attached hydrogen (secondary N) is 1. The lowest BCUT2D eigenvalue weighted by Gasteiger charge is -2.17. The zero-order chi connectivity index (χ0) is 14.7. The second-order valence-electron chi connectivity index (χ2n) is 5.48. The predicted octanol–water partition coefficient (Wildman–Crippen LogP) is 3.36. The van der Waals surface area contributed by atoms with Gasteiger partial charge in [0.1, 0.15) is 0 Å². The van der Waals surface area contributed by atoms with Gasteiger partial charge in [-0.25, -0.2) is 0 Å². The molecular formula is C18H20N2O. The van der Waals surface area contributed by atoms with Crippen LogP contribution in [0.15, 0.2) is 54.6 Å². The Morgan fingerprint density at radius 1 is 1.14 bits per heavy atom. The Morgan fingerprint density at radius 3 is 2.71 bits per heavy atom. The maximum absolute atomic E-state index is 12.6. The van der Waals surface area contributed by atoms with Gasteiger partial charge >= 0.3 is 0 Å². The first-order chi connectivity index (χ1) is 10.3. The van der Waals surface area contributed by atoms with Crippen LogP contribution in [0.2, 0.25) is 0 Å². The fourth-order valence-corrected chi connectivity index (χ4v) is 2.93. The van der Waals surface area contributed by atoms with E-state index in [0.29, 0.717) is 5.92 Å². The summed E-state index contributed by atoms with van der Waals surface area (Å²) >= 11 is 0. The minimum atomic E-state index is 0.130. The molecule has 21 heavy (non-hydrogen) atoms. The van der Waals surface area contributed by atoms with E-state index in [4.69, 9.17) is 0 Å². The molecule has 0 aromatic heterocycles. The normalized spacial score (nSPS) is 17.8. The summed E-state index contributed by atoms with van der Waals surface area (Å²) in [4.78, 5) is 14.6. The molecule has 1 amide bonds. The highest BCUT2D eigenvalue weighted by Gasteiger charge is 2.27. The number of benzene rings is 2. The molecule has 108 valence electrons. The predicted molar refractivity (Wildman–Crippen MR) is 85.7 cm³/mol. The lowest BCUT2D eigenvalue weighted by Crippen LogP contribution is -2.28. The molecule has 0 aliphatic carbocycles. The lowest BCUT2D eigenvalue weighted by atomic mass is 9.99. The van der Waals surface area contributed by atoms with E-state index in [1.165, 1.54) is 5.56 Å². The maximum atomic E-state index is 12.6. The van der Waals surface area contributed by atoms with Crippen LogP contribution in [0.5, 0.6) is 0 Å². The van der Waals surface area contributed by atoms with E-state index in [-0.39, 0.29) is 5.91 Å². The van der Waals surface area contributed by atoms with E-state index in [9.17, 15) is 4.79 Å². The third-order valence-corrected chi connectivity index (χ3v) is 4.14. The average molecular weight is 280 g/mol. The smallest absolute Gasteiger partial charge is 0.253 e. The van der Waals surface area contributed by atoms with Crippen LogP contribution in [-0.4, -0.2) is 30.9 Å². The van der Waals surface area contributed by atoms with E-state index >= 15 is 0 Å². The van der Waals surface area contributed by atoms with Crippen molar-refractivity contribution in [1.29, 1.82) is 0 Å². The van der Waals surface area contributed by atoms with Gasteiger partial charge in [-0.05, 0) is 30.2 Å². The standard InChI is InChI=1S/C18H20N2O/c1-19-17-9-5-8-15(12-17)18(21)20-11-10-16(13-20)14-6-3-2-4-7-14/h2-9,12,16,19H,10-11,13H2,1H3. The fraction of sp³-hybridized carbons (Fsp3) is 0.278. The molecule has 1 atom stereocenters. The van der Waals surface area contributed by atoms with Gasteiger partial charge in [0.15, 0.2) is 0 Å². The summed E-state index contributed by atoms with van der Waals surface area (Å²) in [5, 5.41) is 3.08. The highest BCUT2D eigenvalue weighted by atomic mass is 16.2. The summed E-state index contributed by atoms with van der Waals surface area (Å²) in [5.74, 6) is 0.591. The summed E-state index contributed by atoms with van der Waals surface area (Å²) in [6, 6.07) is 18.2. The summed E-state index contributed by atoms with van der Waals surface area (Å²) in [7, 11) is 1.87. The van der Waals surface area contributed by atoms with Gasteiger partial charge in [0.2, 0.25) is 0 Å². The molecule has 1 heterocycles. The molecule has 2 aromatic rings. The van der Waals surface area contributed by atoms with Crippen molar-refractivity contribution in [3.8, 4) is 0 Å². The number of nitrogens with zero attached hydrogens (tertiary/aromatic N) is 1. The van der Waals surface area contributed by atoms with Crippen molar-refractivity contribution in [3.05, 3.63) is 65.7 Å². The van der Waals surface area contributed by atoms with Crippen molar-refractivity contribution in [3.63, 3.8) is 0 Å². The summed E-state index contributed by atoms with van der Waals surface area (Å²) < 4.78 is 0. The van der Waals surface area contributed by atoms with Crippen molar-refractivity contribution in [2.45, 2.75) is 12.3 Å². The summed E-state index contributed by atoms with van der Waals surface area (Å²) in [6.07, 6.45) is 1.04. The Balaban J connectivity index is 1.72. The average Bonchev–Trinajstić information content (AvgIpc) is 3.05. The van der Waals surface area contributed by atoms with Crippen molar-refractivity contribution >= 4 is 11.6 Å². The van der Waals surface area contributed by atoms with Crippen LogP contribution in [0.4, 0.5) is 5.69 Å². The second kappa shape index (κ2) is 6.00. The molecule has 0 radical (unpaired) electrons. The van der Waals surface area contributed by atoms with E-state index in [2.05, 4.69) is 29.6 Å². The Hall–Kier alpha value is -2.29. The summed E-state index contributed by atoms with van der Waals surface area (Å²) in [5.41, 5.74) is 3.06. The zero-order valence-electron chi connectivity index (χ0n) is 12.3. The fourth-order valence-electron chi connectivity index (χ4n) is 2.93. The highest BCUT2D eigenvalue weighted by molar-refractivity contribution is 5.95. The number of carbonyl (C=O) groups is 1. The number of carbonyl (C=O) groups excluding carboxylic acids is 1. The number of amides is 1. The topological polar surface area (TPSA) is 32.3 Å². The SMILES string of the molecule is CNc1cccc(C(=O)N2CCC(c3ccccc3)C2)c1. The zero-order valence-corrected chi connectivity index (χ0v) is 12.3. The van der Waals surface area contributed by atoms with Crippen LogP contribution in [-0.2, 0) is 0 Å². The van der Waals surface area contributed by atoms with Crippen LogP contribution in [0.25, 0.3) is 0 Å². The van der Waals surface area contributed by atoms with Crippen LogP contribution in [0, 0.1) is 0 Å². The van der Waals surface area contributed by atoms with E-state index < -0.39 is 0 Å². The number of likely N-dealkylation sites (tertiary alicyclic amines) is 1. The molecule has 3 heteroatoms. The number of anilines is 1. The van der Waals surface area contributed by atoms with Gasteiger partial charge < -0.3 is 10.2 Å². The second-order valence-corrected chi connectivity index (χ2v) is 5.48. The quantitative estimate of drug-likeness (QED) is 0.935. The van der Waals surface area contributed by atoms with Crippen LogP contribution < -0.4 is 5.32 Å². The van der Waals surface area contributed by atoms with Gasteiger partial charge in [-0.3, -0.25) is 4.79 Å². The molecule has 3 rings (SSSR count).